The summed E-state index contributed by atoms with van der Waals surface area (Å²) >= 11 is 3.45. The van der Waals surface area contributed by atoms with E-state index >= 15 is 0 Å². The maximum atomic E-state index is 10.7. The monoisotopic (exact) mass is 303 g/mol. The second-order valence-electron chi connectivity index (χ2n) is 4.27. The van der Waals surface area contributed by atoms with Gasteiger partial charge in [0, 0.05) is 26.3 Å². The molecule has 3 nitrogen and oxygen atoms in total. The number of carbonyl (C=O) groups is 1. The van der Waals surface area contributed by atoms with Crippen molar-refractivity contribution in [1.82, 2.24) is 4.98 Å². The maximum Gasteiger partial charge on any atom is 0.307 e. The molecule has 1 aromatic heterocycles. The smallest absolute Gasteiger partial charge is 0.307 e. The number of H-pyrrole nitrogens is 1. The molecule has 0 aliphatic heterocycles. The third-order valence-electron chi connectivity index (χ3n) is 2.98. The fourth-order valence-corrected chi connectivity index (χ4v) is 2.56. The van der Waals surface area contributed by atoms with Crippen LogP contribution in [0.5, 0.6) is 0 Å². The highest BCUT2D eigenvalue weighted by molar-refractivity contribution is 9.10. The Morgan fingerprint density at radius 3 is 2.50 bits per heavy atom. The molecule has 0 spiro atoms. The van der Waals surface area contributed by atoms with Crippen molar-refractivity contribution in [1.29, 1.82) is 0 Å². The second kappa shape index (κ2) is 4.14. The molecule has 90 valence electrons. The van der Waals surface area contributed by atoms with Crippen LogP contribution < -0.4 is 0 Å². The number of aliphatic carboxylic acids is 1. The Morgan fingerprint density at radius 2 is 1.78 bits per heavy atom. The molecular formula is C14H10BrNO2. The van der Waals surface area contributed by atoms with E-state index in [1.54, 1.807) is 0 Å². The molecule has 3 rings (SSSR count). The van der Waals surface area contributed by atoms with Crippen LogP contribution in [-0.2, 0) is 11.2 Å². The molecular weight excluding hydrogens is 294 g/mol. The summed E-state index contributed by atoms with van der Waals surface area (Å²) in [6.45, 7) is 0. The number of rotatable bonds is 2. The van der Waals surface area contributed by atoms with Crippen LogP contribution in [0, 0.1) is 0 Å². The zero-order valence-electron chi connectivity index (χ0n) is 9.40. The van der Waals surface area contributed by atoms with Gasteiger partial charge in [-0.25, -0.2) is 0 Å². The predicted molar refractivity (Wildman–Crippen MR) is 74.8 cm³/mol. The summed E-state index contributed by atoms with van der Waals surface area (Å²) in [5.74, 6) is -0.810. The van der Waals surface area contributed by atoms with Crippen LogP contribution in [0.3, 0.4) is 0 Å². The van der Waals surface area contributed by atoms with Gasteiger partial charge in [0.25, 0.3) is 0 Å². The van der Waals surface area contributed by atoms with Gasteiger partial charge in [-0.1, -0.05) is 22.0 Å². The van der Waals surface area contributed by atoms with Crippen molar-refractivity contribution in [3.63, 3.8) is 0 Å². The van der Waals surface area contributed by atoms with Crippen LogP contribution in [0.25, 0.3) is 21.8 Å². The SMILES string of the molecule is O=C(O)Cc1ccc2[nH]c3ccc(Br)cc3c2c1. The van der Waals surface area contributed by atoms with E-state index in [0.29, 0.717) is 0 Å². The minimum atomic E-state index is -0.810. The Kier molecular flexibility index (Phi) is 2.59. The number of carboxylic acid groups (broad SMARTS) is 1. The molecule has 0 radical (unpaired) electrons. The fraction of sp³-hybridized carbons (Fsp3) is 0.0714. The molecule has 0 aliphatic carbocycles. The standard InChI is InChI=1S/C14H10BrNO2/c15-9-2-4-13-11(7-9)10-5-8(6-14(17)18)1-3-12(10)16-13/h1-5,7,16H,6H2,(H,17,18). The number of nitrogens with one attached hydrogen (secondary N) is 1. The van der Waals surface area contributed by atoms with Gasteiger partial charge in [0.15, 0.2) is 0 Å². The first kappa shape index (κ1) is 11.3. The lowest BCUT2D eigenvalue weighted by molar-refractivity contribution is -0.136. The van der Waals surface area contributed by atoms with Gasteiger partial charge in [0.1, 0.15) is 0 Å². The van der Waals surface area contributed by atoms with Crippen LogP contribution in [0.2, 0.25) is 0 Å². The average molecular weight is 304 g/mol. The largest absolute Gasteiger partial charge is 0.481 e. The van der Waals surface area contributed by atoms with E-state index < -0.39 is 5.97 Å². The van der Waals surface area contributed by atoms with E-state index in [4.69, 9.17) is 5.11 Å². The highest BCUT2D eigenvalue weighted by atomic mass is 79.9. The molecule has 0 saturated carbocycles. The van der Waals surface area contributed by atoms with Gasteiger partial charge in [-0.2, -0.15) is 0 Å². The summed E-state index contributed by atoms with van der Waals surface area (Å²) in [7, 11) is 0. The van der Waals surface area contributed by atoms with E-state index in [2.05, 4.69) is 20.9 Å². The number of halogens is 1. The van der Waals surface area contributed by atoms with Crippen molar-refractivity contribution < 1.29 is 9.90 Å². The summed E-state index contributed by atoms with van der Waals surface area (Å²) in [4.78, 5) is 14.1. The Labute approximate surface area is 112 Å². The van der Waals surface area contributed by atoms with E-state index in [1.807, 2.05) is 36.4 Å². The molecule has 0 fully saturated rings. The molecule has 0 aliphatic rings. The van der Waals surface area contributed by atoms with E-state index in [0.717, 1.165) is 31.8 Å². The first-order valence-corrected chi connectivity index (χ1v) is 6.34. The van der Waals surface area contributed by atoms with Gasteiger partial charge in [-0.15, -0.1) is 0 Å². The van der Waals surface area contributed by atoms with Crippen LogP contribution in [0.1, 0.15) is 5.56 Å². The topological polar surface area (TPSA) is 53.1 Å². The van der Waals surface area contributed by atoms with Gasteiger partial charge in [-0.05, 0) is 35.9 Å². The summed E-state index contributed by atoms with van der Waals surface area (Å²) < 4.78 is 1.01. The van der Waals surface area contributed by atoms with Gasteiger partial charge in [-0.3, -0.25) is 4.79 Å². The van der Waals surface area contributed by atoms with Gasteiger partial charge >= 0.3 is 5.97 Å². The third-order valence-corrected chi connectivity index (χ3v) is 3.47. The number of hydrogen-bond donors (Lipinski definition) is 2. The number of benzene rings is 2. The van der Waals surface area contributed by atoms with Crippen LogP contribution in [0.4, 0.5) is 0 Å². The quantitative estimate of drug-likeness (QED) is 0.758. The van der Waals surface area contributed by atoms with E-state index in [1.165, 1.54) is 0 Å². The Balaban J connectivity index is 2.27. The van der Waals surface area contributed by atoms with Gasteiger partial charge in [0.05, 0.1) is 6.42 Å². The fourth-order valence-electron chi connectivity index (χ4n) is 2.20. The van der Waals surface area contributed by atoms with Crippen molar-refractivity contribution in [2.24, 2.45) is 0 Å². The number of carboxylic acids is 1. The highest BCUT2D eigenvalue weighted by Gasteiger charge is 2.07. The summed E-state index contributed by atoms with van der Waals surface area (Å²) in [6.07, 6.45) is 0.0522. The van der Waals surface area contributed by atoms with Crippen molar-refractivity contribution in [3.8, 4) is 0 Å². The van der Waals surface area contributed by atoms with Crippen LogP contribution in [0.15, 0.2) is 40.9 Å². The second-order valence-corrected chi connectivity index (χ2v) is 5.18. The first-order valence-electron chi connectivity index (χ1n) is 5.55. The van der Waals surface area contributed by atoms with Crippen molar-refractivity contribution >= 4 is 43.7 Å². The zero-order valence-corrected chi connectivity index (χ0v) is 11.0. The molecule has 1 heterocycles. The Hall–Kier alpha value is -1.81. The average Bonchev–Trinajstić information content (AvgIpc) is 2.66. The lowest BCUT2D eigenvalue weighted by atomic mass is 10.1. The molecule has 2 aromatic carbocycles. The summed E-state index contributed by atoms with van der Waals surface area (Å²) in [5.41, 5.74) is 2.90. The van der Waals surface area contributed by atoms with Gasteiger partial charge < -0.3 is 10.1 Å². The predicted octanol–water partition coefficient (Wildman–Crippen LogP) is 3.71. The number of aromatic nitrogens is 1. The summed E-state index contributed by atoms with van der Waals surface area (Å²) in [6, 6.07) is 11.8. The minimum Gasteiger partial charge on any atom is -0.481 e. The highest BCUT2D eigenvalue weighted by Crippen LogP contribution is 2.28. The normalized spacial score (nSPS) is 11.2. The molecule has 0 atom stereocenters. The lowest BCUT2D eigenvalue weighted by Gasteiger charge is -1.98. The molecule has 4 heteroatoms. The first-order chi connectivity index (χ1) is 8.63. The molecule has 3 aromatic rings. The molecule has 18 heavy (non-hydrogen) atoms. The van der Waals surface area contributed by atoms with Crippen molar-refractivity contribution in [2.75, 3.05) is 0 Å². The number of aromatic amines is 1. The van der Waals surface area contributed by atoms with E-state index in [-0.39, 0.29) is 6.42 Å². The van der Waals surface area contributed by atoms with E-state index in [9.17, 15) is 4.79 Å². The maximum absolute atomic E-state index is 10.7. The number of fused-ring (bicyclic) bond motifs is 3. The summed E-state index contributed by atoms with van der Waals surface area (Å²) in [5, 5.41) is 11.0. The Bertz CT molecular complexity index is 761. The van der Waals surface area contributed by atoms with Crippen LogP contribution in [-0.4, -0.2) is 16.1 Å². The van der Waals surface area contributed by atoms with Crippen LogP contribution >= 0.6 is 15.9 Å². The molecule has 0 saturated heterocycles. The van der Waals surface area contributed by atoms with Crippen molar-refractivity contribution in [3.05, 3.63) is 46.4 Å². The lowest BCUT2D eigenvalue weighted by Crippen LogP contribution is -1.99. The zero-order chi connectivity index (χ0) is 12.7. The third kappa shape index (κ3) is 1.88. The molecule has 0 amide bonds. The van der Waals surface area contributed by atoms with Gasteiger partial charge in [0.2, 0.25) is 0 Å². The molecule has 0 unspecified atom stereocenters. The minimum absolute atomic E-state index is 0.0522. The number of hydrogen-bond acceptors (Lipinski definition) is 1. The van der Waals surface area contributed by atoms with Crippen molar-refractivity contribution in [2.45, 2.75) is 6.42 Å². The molecule has 2 N–H and O–H groups in total. The Morgan fingerprint density at radius 1 is 1.11 bits per heavy atom. The molecule has 0 bridgehead atoms.